The lowest BCUT2D eigenvalue weighted by Crippen LogP contribution is -2.08. The minimum Gasteiger partial charge on any atom is -0.481 e. The molecule has 5 nitrogen and oxygen atoms in total. The van der Waals surface area contributed by atoms with E-state index in [0.29, 0.717) is 30.2 Å². The molecule has 154 valence electrons. The summed E-state index contributed by atoms with van der Waals surface area (Å²) in [4.78, 5) is 16.9. The van der Waals surface area contributed by atoms with Crippen LogP contribution in [0.15, 0.2) is 40.7 Å². The maximum Gasteiger partial charge on any atom is 0.222 e. The monoisotopic (exact) mass is 411 g/mol. The van der Waals surface area contributed by atoms with Crippen LogP contribution in [0.4, 0.5) is 5.69 Å². The van der Waals surface area contributed by atoms with E-state index in [2.05, 4.69) is 35.4 Å². The largest absolute Gasteiger partial charge is 0.481 e. The number of carbonyl (C=O) groups is 1. The number of aryl methyl sites for hydroxylation is 1. The molecular formula is C23H29N3O2S. The molecule has 1 aromatic carbocycles. The summed E-state index contributed by atoms with van der Waals surface area (Å²) >= 11 is 1.62. The number of amides is 1. The first-order chi connectivity index (χ1) is 14.0. The number of nitrogens with one attached hydrogen (secondary N) is 1. The number of rotatable bonds is 9. The van der Waals surface area contributed by atoms with Crippen LogP contribution in [0.2, 0.25) is 0 Å². The van der Waals surface area contributed by atoms with E-state index in [9.17, 15) is 4.79 Å². The standard InChI is InChI=1S/C23H29N3O2S/c1-6-11-29-16(3)12-20-21(19-9-7-18(8-10-19)15(2)13-24)23(28-5)26-17(4)22(20)25-14-27/h6-12,14-15H,13,24H2,1-5H3,(H,25,27)/b11-6-,16-12+. The number of methoxy groups -OCH3 is 1. The quantitative estimate of drug-likeness (QED) is 0.546. The van der Waals surface area contributed by atoms with Crippen LogP contribution in [-0.2, 0) is 4.79 Å². The van der Waals surface area contributed by atoms with E-state index in [0.717, 1.165) is 21.6 Å². The molecule has 2 aromatic rings. The van der Waals surface area contributed by atoms with Crippen molar-refractivity contribution in [3.05, 3.63) is 57.5 Å². The van der Waals surface area contributed by atoms with E-state index in [1.54, 1.807) is 18.9 Å². The summed E-state index contributed by atoms with van der Waals surface area (Å²) in [5, 5.41) is 4.84. The van der Waals surface area contributed by atoms with Gasteiger partial charge in [-0.3, -0.25) is 4.79 Å². The van der Waals surface area contributed by atoms with Crippen molar-refractivity contribution in [1.82, 2.24) is 4.98 Å². The maximum atomic E-state index is 11.3. The molecule has 1 unspecified atom stereocenters. The SMILES string of the molecule is C/C=C\S/C(C)=C/c1c(NC=O)c(C)nc(OC)c1-c1ccc(C(C)CN)cc1. The van der Waals surface area contributed by atoms with Gasteiger partial charge >= 0.3 is 0 Å². The molecule has 2 rings (SSSR count). The number of hydrogen-bond acceptors (Lipinski definition) is 5. The highest BCUT2D eigenvalue weighted by atomic mass is 32.2. The van der Waals surface area contributed by atoms with Crippen LogP contribution >= 0.6 is 11.8 Å². The van der Waals surface area contributed by atoms with Gasteiger partial charge in [0.15, 0.2) is 0 Å². The second-order valence-corrected chi connectivity index (χ2v) is 7.89. The van der Waals surface area contributed by atoms with Gasteiger partial charge in [-0.25, -0.2) is 4.98 Å². The van der Waals surface area contributed by atoms with Gasteiger partial charge in [-0.2, -0.15) is 0 Å². The highest BCUT2D eigenvalue weighted by Gasteiger charge is 2.19. The van der Waals surface area contributed by atoms with Crippen molar-refractivity contribution in [2.45, 2.75) is 33.6 Å². The fourth-order valence-corrected chi connectivity index (χ4v) is 3.58. The van der Waals surface area contributed by atoms with Crippen LogP contribution in [0, 0.1) is 6.92 Å². The summed E-state index contributed by atoms with van der Waals surface area (Å²) in [5.74, 6) is 0.807. The van der Waals surface area contributed by atoms with Crippen LogP contribution < -0.4 is 15.8 Å². The van der Waals surface area contributed by atoms with Gasteiger partial charge in [0.1, 0.15) is 0 Å². The number of hydrogen-bond donors (Lipinski definition) is 2. The molecule has 0 saturated heterocycles. The molecule has 3 N–H and O–H groups in total. The van der Waals surface area contributed by atoms with Crippen molar-refractivity contribution < 1.29 is 9.53 Å². The number of allylic oxidation sites excluding steroid dienone is 2. The van der Waals surface area contributed by atoms with Gasteiger partial charge in [0.2, 0.25) is 12.3 Å². The molecule has 1 heterocycles. The van der Waals surface area contributed by atoms with E-state index in [1.807, 2.05) is 44.4 Å². The van der Waals surface area contributed by atoms with Crippen molar-refractivity contribution in [2.24, 2.45) is 5.73 Å². The van der Waals surface area contributed by atoms with Crippen molar-refractivity contribution in [2.75, 3.05) is 19.0 Å². The zero-order valence-corrected chi connectivity index (χ0v) is 18.5. The number of thioether (sulfide) groups is 1. The molecule has 0 radical (unpaired) electrons. The number of benzene rings is 1. The van der Waals surface area contributed by atoms with Crippen molar-refractivity contribution in [1.29, 1.82) is 0 Å². The first-order valence-electron chi connectivity index (χ1n) is 9.52. The minimum atomic E-state index is 0.285. The smallest absolute Gasteiger partial charge is 0.222 e. The lowest BCUT2D eigenvalue weighted by atomic mass is 9.94. The number of nitrogens with two attached hydrogens (primary N) is 1. The third kappa shape index (κ3) is 5.49. The van der Waals surface area contributed by atoms with Crippen molar-refractivity contribution in [3.63, 3.8) is 0 Å². The lowest BCUT2D eigenvalue weighted by molar-refractivity contribution is -0.105. The molecule has 0 aliphatic rings. The Hall–Kier alpha value is -2.57. The molecule has 1 aromatic heterocycles. The summed E-state index contributed by atoms with van der Waals surface area (Å²) in [7, 11) is 1.61. The molecule has 0 bridgehead atoms. The highest BCUT2D eigenvalue weighted by molar-refractivity contribution is 8.05. The molecule has 29 heavy (non-hydrogen) atoms. The van der Waals surface area contributed by atoms with E-state index in [-0.39, 0.29) is 5.92 Å². The number of pyridine rings is 1. The summed E-state index contributed by atoms with van der Waals surface area (Å²) in [6.07, 6.45) is 4.72. The molecule has 1 atom stereocenters. The molecule has 1 amide bonds. The normalized spacial score (nSPS) is 12.8. The van der Waals surface area contributed by atoms with Gasteiger partial charge in [0.05, 0.1) is 24.1 Å². The first-order valence-corrected chi connectivity index (χ1v) is 10.4. The number of carbonyl (C=O) groups excluding carboxylic acids is 1. The Balaban J connectivity index is 2.73. The van der Waals surface area contributed by atoms with Crippen LogP contribution in [0.3, 0.4) is 0 Å². The fraction of sp³-hybridized carbons (Fsp3) is 0.304. The van der Waals surface area contributed by atoms with Gasteiger partial charge in [0, 0.05) is 5.56 Å². The number of ether oxygens (including phenoxy) is 1. The Morgan fingerprint density at radius 3 is 2.59 bits per heavy atom. The Kier molecular flexibility index (Phi) is 8.49. The Labute approximate surface area is 177 Å². The Bertz CT molecular complexity index is 905. The summed E-state index contributed by atoms with van der Waals surface area (Å²) in [6, 6.07) is 8.25. The predicted molar refractivity (Wildman–Crippen MR) is 124 cm³/mol. The number of anilines is 1. The van der Waals surface area contributed by atoms with Crippen LogP contribution in [0.5, 0.6) is 5.88 Å². The summed E-state index contributed by atoms with van der Waals surface area (Å²) < 4.78 is 5.62. The molecule has 0 aliphatic carbocycles. The Morgan fingerprint density at radius 1 is 1.34 bits per heavy atom. The molecule has 0 fully saturated rings. The zero-order chi connectivity index (χ0) is 21.4. The van der Waals surface area contributed by atoms with E-state index >= 15 is 0 Å². The molecule has 0 saturated carbocycles. The van der Waals surface area contributed by atoms with Crippen molar-refractivity contribution >= 4 is 29.9 Å². The van der Waals surface area contributed by atoms with Crippen LogP contribution in [0.25, 0.3) is 17.2 Å². The lowest BCUT2D eigenvalue weighted by Gasteiger charge is -2.18. The van der Waals surface area contributed by atoms with E-state index < -0.39 is 0 Å². The average molecular weight is 412 g/mol. The van der Waals surface area contributed by atoms with Crippen LogP contribution in [-0.4, -0.2) is 25.0 Å². The third-order valence-electron chi connectivity index (χ3n) is 4.64. The zero-order valence-electron chi connectivity index (χ0n) is 17.7. The molecular weight excluding hydrogens is 382 g/mol. The average Bonchev–Trinajstić information content (AvgIpc) is 2.74. The van der Waals surface area contributed by atoms with Gasteiger partial charge in [-0.05, 0) is 60.7 Å². The minimum absolute atomic E-state index is 0.285. The highest BCUT2D eigenvalue weighted by Crippen LogP contribution is 2.40. The maximum absolute atomic E-state index is 11.3. The third-order valence-corrected chi connectivity index (χ3v) is 5.54. The second-order valence-electron chi connectivity index (χ2n) is 6.73. The van der Waals surface area contributed by atoms with Gasteiger partial charge in [0.25, 0.3) is 0 Å². The molecule has 6 heteroatoms. The Morgan fingerprint density at radius 2 is 2.03 bits per heavy atom. The molecule has 0 spiro atoms. The molecule has 0 aliphatic heterocycles. The van der Waals surface area contributed by atoms with E-state index in [1.165, 1.54) is 5.56 Å². The van der Waals surface area contributed by atoms with Crippen molar-refractivity contribution in [3.8, 4) is 17.0 Å². The second kappa shape index (κ2) is 10.8. The summed E-state index contributed by atoms with van der Waals surface area (Å²) in [5.41, 5.74) is 11.0. The topological polar surface area (TPSA) is 77.2 Å². The first kappa shape index (κ1) is 22.7. The van der Waals surface area contributed by atoms with Gasteiger partial charge < -0.3 is 15.8 Å². The number of aromatic nitrogens is 1. The summed E-state index contributed by atoms with van der Waals surface area (Å²) in [6.45, 7) is 8.57. The van der Waals surface area contributed by atoms with Crippen LogP contribution in [0.1, 0.15) is 43.5 Å². The van der Waals surface area contributed by atoms with Gasteiger partial charge in [-0.15, -0.1) is 11.8 Å². The predicted octanol–water partition coefficient (Wildman–Crippen LogP) is 5.32. The number of nitrogens with zero attached hydrogens (tertiary/aromatic N) is 1. The van der Waals surface area contributed by atoms with Gasteiger partial charge in [-0.1, -0.05) is 37.3 Å². The van der Waals surface area contributed by atoms with E-state index in [4.69, 9.17) is 10.5 Å². The fourth-order valence-electron chi connectivity index (χ4n) is 3.04.